The zero-order valence-electron chi connectivity index (χ0n) is 17.3. The Morgan fingerprint density at radius 1 is 0.969 bits per heavy atom. The maximum Gasteiger partial charge on any atom is 0.417 e. The van der Waals surface area contributed by atoms with Gasteiger partial charge in [-0.2, -0.15) is 4.31 Å². The van der Waals surface area contributed by atoms with Crippen molar-refractivity contribution in [2.45, 2.75) is 35.5 Å². The van der Waals surface area contributed by atoms with E-state index in [-0.39, 0.29) is 26.8 Å². The lowest BCUT2D eigenvalue weighted by atomic mass is 10.2. The monoisotopic (exact) mass is 481 g/mol. The number of fused-ring (bicyclic) bond motifs is 1. The van der Waals surface area contributed by atoms with Gasteiger partial charge in [0, 0.05) is 19.2 Å². The quantitative estimate of drug-likeness (QED) is 0.551. The van der Waals surface area contributed by atoms with Gasteiger partial charge in [-0.1, -0.05) is 12.8 Å². The molecule has 0 saturated carbocycles. The third kappa shape index (κ3) is 4.38. The standard InChI is InChI=1S/C20H23N3O7S2/c1-29-18-9-7-15(32(27,28)23-10-4-2-3-5-11-23)12-17(18)22-31(25,26)14-6-8-16-19(13-14)30-20(24)21-16/h6-9,12-13,22H,2-5,10-11H2,1H3,(H,21,24). The van der Waals surface area contributed by atoms with E-state index in [0.29, 0.717) is 18.6 Å². The molecule has 1 fully saturated rings. The summed E-state index contributed by atoms with van der Waals surface area (Å²) in [6, 6.07) is 7.99. The first-order chi connectivity index (χ1) is 15.2. The fraction of sp³-hybridized carbons (Fsp3) is 0.350. The molecule has 1 saturated heterocycles. The number of anilines is 1. The smallest absolute Gasteiger partial charge is 0.417 e. The van der Waals surface area contributed by atoms with Gasteiger partial charge in [-0.3, -0.25) is 9.71 Å². The molecule has 32 heavy (non-hydrogen) atoms. The van der Waals surface area contributed by atoms with Crippen molar-refractivity contribution in [3.8, 4) is 5.75 Å². The molecular formula is C20H23N3O7S2. The number of nitrogens with zero attached hydrogens (tertiary/aromatic N) is 1. The Kier molecular flexibility index (Phi) is 6.01. The Bertz CT molecular complexity index is 1400. The van der Waals surface area contributed by atoms with Gasteiger partial charge in [0.05, 0.1) is 28.1 Å². The first kappa shape index (κ1) is 22.4. The highest BCUT2D eigenvalue weighted by molar-refractivity contribution is 7.92. The second-order valence-corrected chi connectivity index (χ2v) is 11.1. The van der Waals surface area contributed by atoms with E-state index in [1.54, 1.807) is 0 Å². The molecule has 1 aromatic heterocycles. The average molecular weight is 482 g/mol. The first-order valence-corrected chi connectivity index (χ1v) is 13.0. The lowest BCUT2D eigenvalue weighted by Gasteiger charge is -2.21. The van der Waals surface area contributed by atoms with Crippen LogP contribution in [0.25, 0.3) is 11.1 Å². The third-order valence-corrected chi connectivity index (χ3v) is 8.58. The van der Waals surface area contributed by atoms with Crippen LogP contribution in [0.1, 0.15) is 25.7 Å². The van der Waals surface area contributed by atoms with Crippen LogP contribution < -0.4 is 15.2 Å². The molecule has 0 bridgehead atoms. The molecule has 3 aromatic rings. The number of sulfonamides is 2. The summed E-state index contributed by atoms with van der Waals surface area (Å²) in [5.41, 5.74) is 0.429. The highest BCUT2D eigenvalue weighted by atomic mass is 32.2. The minimum Gasteiger partial charge on any atom is -0.495 e. The van der Waals surface area contributed by atoms with Crippen LogP contribution in [0.5, 0.6) is 5.75 Å². The molecule has 4 rings (SSSR count). The van der Waals surface area contributed by atoms with E-state index < -0.39 is 25.8 Å². The maximum atomic E-state index is 13.1. The third-order valence-electron chi connectivity index (χ3n) is 5.32. The lowest BCUT2D eigenvalue weighted by molar-refractivity contribution is 0.415. The fourth-order valence-corrected chi connectivity index (χ4v) is 6.28. The summed E-state index contributed by atoms with van der Waals surface area (Å²) in [7, 11) is -6.57. The topological polar surface area (TPSA) is 139 Å². The number of aromatic amines is 1. The van der Waals surface area contributed by atoms with Gasteiger partial charge in [-0.15, -0.1) is 0 Å². The van der Waals surface area contributed by atoms with Gasteiger partial charge in [-0.05, 0) is 43.2 Å². The van der Waals surface area contributed by atoms with E-state index in [2.05, 4.69) is 9.71 Å². The molecule has 2 N–H and O–H groups in total. The summed E-state index contributed by atoms with van der Waals surface area (Å²) in [6.45, 7) is 0.856. The van der Waals surface area contributed by atoms with Crippen molar-refractivity contribution in [1.29, 1.82) is 0 Å². The van der Waals surface area contributed by atoms with Crippen molar-refractivity contribution in [3.63, 3.8) is 0 Å². The van der Waals surface area contributed by atoms with Gasteiger partial charge in [0.25, 0.3) is 10.0 Å². The molecule has 2 heterocycles. The fourth-order valence-electron chi connectivity index (χ4n) is 3.65. The van der Waals surface area contributed by atoms with Crippen molar-refractivity contribution in [2.75, 3.05) is 24.9 Å². The van der Waals surface area contributed by atoms with Crippen LogP contribution in [0.15, 0.2) is 55.4 Å². The van der Waals surface area contributed by atoms with Crippen LogP contribution in [0.3, 0.4) is 0 Å². The molecule has 10 nitrogen and oxygen atoms in total. The van der Waals surface area contributed by atoms with Crippen LogP contribution in [0.4, 0.5) is 5.69 Å². The summed E-state index contributed by atoms with van der Waals surface area (Å²) in [5, 5.41) is 0. The second-order valence-electron chi connectivity index (χ2n) is 7.46. The van der Waals surface area contributed by atoms with Gasteiger partial charge in [0.1, 0.15) is 5.75 Å². The Morgan fingerprint density at radius 3 is 2.34 bits per heavy atom. The predicted octanol–water partition coefficient (Wildman–Crippen LogP) is 2.50. The Morgan fingerprint density at radius 2 is 1.66 bits per heavy atom. The zero-order valence-corrected chi connectivity index (χ0v) is 19.0. The van der Waals surface area contributed by atoms with E-state index in [0.717, 1.165) is 25.7 Å². The minimum absolute atomic E-state index is 0.0148. The molecule has 1 aliphatic heterocycles. The van der Waals surface area contributed by atoms with E-state index in [4.69, 9.17) is 9.15 Å². The van der Waals surface area contributed by atoms with Gasteiger partial charge in [0.15, 0.2) is 5.58 Å². The van der Waals surface area contributed by atoms with Gasteiger partial charge in [-0.25, -0.2) is 21.6 Å². The molecule has 1 aliphatic rings. The molecular weight excluding hydrogens is 458 g/mol. The average Bonchev–Trinajstić information content (AvgIpc) is 2.94. The van der Waals surface area contributed by atoms with Crippen molar-refractivity contribution in [3.05, 3.63) is 46.9 Å². The van der Waals surface area contributed by atoms with Gasteiger partial charge in [0.2, 0.25) is 10.0 Å². The normalized spacial score (nSPS) is 16.0. The largest absolute Gasteiger partial charge is 0.495 e. The number of rotatable bonds is 6. The Hall–Kier alpha value is -2.83. The van der Waals surface area contributed by atoms with E-state index in [9.17, 15) is 21.6 Å². The molecule has 0 unspecified atom stereocenters. The predicted molar refractivity (Wildman–Crippen MR) is 118 cm³/mol. The number of aromatic nitrogens is 1. The number of ether oxygens (including phenoxy) is 1. The molecule has 0 atom stereocenters. The zero-order chi connectivity index (χ0) is 22.9. The molecule has 172 valence electrons. The Labute approximate surface area is 185 Å². The second kappa shape index (κ2) is 8.60. The SMILES string of the molecule is COc1ccc(S(=O)(=O)N2CCCCCC2)cc1NS(=O)(=O)c1ccc2[nH]c(=O)oc2c1. The highest BCUT2D eigenvalue weighted by Gasteiger charge is 2.27. The number of oxazole rings is 1. The first-order valence-electron chi connectivity index (χ1n) is 10.0. The summed E-state index contributed by atoms with van der Waals surface area (Å²) in [4.78, 5) is 13.6. The molecule has 0 aliphatic carbocycles. The van der Waals surface area contributed by atoms with Crippen LogP contribution in [0, 0.1) is 0 Å². The molecule has 2 aromatic carbocycles. The van der Waals surface area contributed by atoms with Crippen molar-refractivity contribution in [2.24, 2.45) is 0 Å². The number of hydrogen-bond acceptors (Lipinski definition) is 7. The number of hydrogen-bond donors (Lipinski definition) is 2. The van der Waals surface area contributed by atoms with E-state index in [1.165, 1.54) is 47.8 Å². The molecule has 0 spiro atoms. The Balaban J connectivity index is 1.69. The maximum absolute atomic E-state index is 13.1. The van der Waals surface area contributed by atoms with Crippen LogP contribution in [0.2, 0.25) is 0 Å². The van der Waals surface area contributed by atoms with Gasteiger partial charge >= 0.3 is 5.76 Å². The van der Waals surface area contributed by atoms with Gasteiger partial charge < -0.3 is 9.15 Å². The molecule has 0 radical (unpaired) electrons. The van der Waals surface area contributed by atoms with E-state index >= 15 is 0 Å². The minimum atomic E-state index is -4.14. The number of nitrogens with one attached hydrogen (secondary N) is 2. The number of methoxy groups -OCH3 is 1. The summed E-state index contributed by atoms with van der Waals surface area (Å²) < 4.78 is 66.2. The lowest BCUT2D eigenvalue weighted by Crippen LogP contribution is -2.32. The van der Waals surface area contributed by atoms with E-state index in [1.807, 2.05) is 0 Å². The summed E-state index contributed by atoms with van der Waals surface area (Å²) in [5.74, 6) is -0.534. The summed E-state index contributed by atoms with van der Waals surface area (Å²) >= 11 is 0. The highest BCUT2D eigenvalue weighted by Crippen LogP contribution is 2.32. The molecule has 0 amide bonds. The number of H-pyrrole nitrogens is 1. The number of benzene rings is 2. The van der Waals surface area contributed by atoms with Crippen LogP contribution >= 0.6 is 0 Å². The van der Waals surface area contributed by atoms with Crippen LogP contribution in [-0.2, 0) is 20.0 Å². The van der Waals surface area contributed by atoms with Crippen molar-refractivity contribution >= 4 is 36.8 Å². The van der Waals surface area contributed by atoms with Crippen molar-refractivity contribution in [1.82, 2.24) is 9.29 Å². The van der Waals surface area contributed by atoms with Crippen LogP contribution in [-0.4, -0.2) is 46.3 Å². The van der Waals surface area contributed by atoms with Crippen molar-refractivity contribution < 1.29 is 26.0 Å². The molecule has 12 heteroatoms. The summed E-state index contributed by atoms with van der Waals surface area (Å²) in [6.07, 6.45) is 3.52.